The SMILES string of the molecule is NC(=S)c1ccc(F)cc1CN1C(=O)C2CC2C1=O. The number of nitrogens with two attached hydrogens (primary N) is 1. The second-order valence-electron chi connectivity index (χ2n) is 4.88. The maximum Gasteiger partial charge on any atom is 0.233 e. The molecule has 2 N–H and O–H groups in total. The molecular formula is C13H11FN2O2S. The number of thiocarbonyl (C=S) groups is 1. The van der Waals surface area contributed by atoms with Gasteiger partial charge < -0.3 is 5.73 Å². The van der Waals surface area contributed by atoms with E-state index in [1.165, 1.54) is 23.1 Å². The Labute approximate surface area is 114 Å². The second-order valence-corrected chi connectivity index (χ2v) is 5.32. The van der Waals surface area contributed by atoms with E-state index in [4.69, 9.17) is 18.0 Å². The first-order chi connectivity index (χ1) is 8.99. The van der Waals surface area contributed by atoms with E-state index in [0.29, 0.717) is 17.5 Å². The zero-order valence-corrected chi connectivity index (χ0v) is 10.7. The van der Waals surface area contributed by atoms with E-state index in [0.717, 1.165) is 0 Å². The molecule has 6 heteroatoms. The van der Waals surface area contributed by atoms with Gasteiger partial charge in [0.05, 0.1) is 18.4 Å². The second kappa shape index (κ2) is 4.09. The number of likely N-dealkylation sites (tertiary alicyclic amines) is 1. The van der Waals surface area contributed by atoms with Gasteiger partial charge in [0.2, 0.25) is 11.8 Å². The Morgan fingerprint density at radius 3 is 2.58 bits per heavy atom. The maximum atomic E-state index is 13.3. The van der Waals surface area contributed by atoms with Crippen LogP contribution in [0, 0.1) is 17.7 Å². The molecule has 2 amide bonds. The van der Waals surface area contributed by atoms with E-state index in [1.807, 2.05) is 0 Å². The molecule has 4 nitrogen and oxygen atoms in total. The standard InChI is InChI=1S/C13H11FN2O2S/c14-7-1-2-8(11(15)19)6(3-7)5-16-12(17)9-4-10(9)13(16)18/h1-3,9-10H,4-5H2,(H2,15,19). The molecule has 1 heterocycles. The van der Waals surface area contributed by atoms with E-state index in [1.54, 1.807) is 0 Å². The van der Waals surface area contributed by atoms with Gasteiger partial charge in [0, 0.05) is 5.56 Å². The summed E-state index contributed by atoms with van der Waals surface area (Å²) in [5, 5.41) is 0. The number of hydrogen-bond donors (Lipinski definition) is 1. The zero-order chi connectivity index (χ0) is 13.7. The topological polar surface area (TPSA) is 63.4 Å². The van der Waals surface area contributed by atoms with Gasteiger partial charge >= 0.3 is 0 Å². The van der Waals surface area contributed by atoms with Crippen LogP contribution in [0.3, 0.4) is 0 Å². The molecule has 2 atom stereocenters. The van der Waals surface area contributed by atoms with Gasteiger partial charge in [-0.25, -0.2) is 4.39 Å². The summed E-state index contributed by atoms with van der Waals surface area (Å²) < 4.78 is 13.3. The number of halogens is 1. The van der Waals surface area contributed by atoms with Crippen molar-refractivity contribution in [1.29, 1.82) is 0 Å². The Hall–Kier alpha value is -1.82. The summed E-state index contributed by atoms with van der Waals surface area (Å²) in [4.78, 5) is 25.1. The third-order valence-corrected chi connectivity index (χ3v) is 3.84. The Morgan fingerprint density at radius 2 is 2.00 bits per heavy atom. The summed E-state index contributed by atoms with van der Waals surface area (Å²) >= 11 is 4.89. The molecular weight excluding hydrogens is 267 g/mol. The lowest BCUT2D eigenvalue weighted by Gasteiger charge is -2.18. The normalized spacial score (nSPS) is 24.6. The molecule has 2 fully saturated rings. The van der Waals surface area contributed by atoms with Crippen molar-refractivity contribution in [1.82, 2.24) is 4.90 Å². The Bertz CT molecular complexity index is 597. The molecule has 1 saturated heterocycles. The van der Waals surface area contributed by atoms with E-state index < -0.39 is 5.82 Å². The summed E-state index contributed by atoms with van der Waals surface area (Å²) in [5.41, 5.74) is 6.53. The number of carbonyl (C=O) groups excluding carboxylic acids is 2. The molecule has 98 valence electrons. The molecule has 0 aromatic heterocycles. The van der Waals surface area contributed by atoms with Crippen LogP contribution in [0.1, 0.15) is 17.5 Å². The molecule has 0 spiro atoms. The van der Waals surface area contributed by atoms with Crippen LogP contribution >= 0.6 is 12.2 Å². The van der Waals surface area contributed by atoms with Gasteiger partial charge in [-0.1, -0.05) is 12.2 Å². The molecule has 2 aliphatic rings. The van der Waals surface area contributed by atoms with Crippen LogP contribution < -0.4 is 5.73 Å². The fourth-order valence-electron chi connectivity index (χ4n) is 2.51. The van der Waals surface area contributed by atoms with E-state index >= 15 is 0 Å². The third kappa shape index (κ3) is 1.92. The van der Waals surface area contributed by atoms with Crippen molar-refractivity contribution in [2.75, 3.05) is 0 Å². The lowest BCUT2D eigenvalue weighted by molar-refractivity contribution is -0.142. The summed E-state index contributed by atoms with van der Waals surface area (Å²) in [5.74, 6) is -1.11. The monoisotopic (exact) mass is 278 g/mol. The Kier molecular flexibility index (Phi) is 2.63. The predicted molar refractivity (Wildman–Crippen MR) is 69.4 cm³/mol. The summed E-state index contributed by atoms with van der Waals surface area (Å²) in [6, 6.07) is 3.99. The fraction of sp³-hybridized carbons (Fsp3) is 0.308. The maximum absolute atomic E-state index is 13.3. The summed E-state index contributed by atoms with van der Waals surface area (Å²) in [6.45, 7) is 0.0368. The molecule has 1 aromatic rings. The number of rotatable bonds is 3. The summed E-state index contributed by atoms with van der Waals surface area (Å²) in [6.07, 6.45) is 0.652. The van der Waals surface area contributed by atoms with Crippen molar-refractivity contribution in [3.63, 3.8) is 0 Å². The molecule has 1 saturated carbocycles. The van der Waals surface area contributed by atoms with Crippen LogP contribution in [-0.4, -0.2) is 21.7 Å². The number of hydrogen-bond acceptors (Lipinski definition) is 3. The van der Waals surface area contributed by atoms with Gasteiger partial charge in [-0.3, -0.25) is 14.5 Å². The van der Waals surface area contributed by atoms with Crippen LogP contribution in [-0.2, 0) is 16.1 Å². The molecule has 1 aliphatic carbocycles. The van der Waals surface area contributed by atoms with Gasteiger partial charge in [-0.05, 0) is 30.2 Å². The molecule has 19 heavy (non-hydrogen) atoms. The first kappa shape index (κ1) is 12.2. The summed E-state index contributed by atoms with van der Waals surface area (Å²) in [7, 11) is 0. The first-order valence-corrected chi connectivity index (χ1v) is 6.33. The highest BCUT2D eigenvalue weighted by Crippen LogP contribution is 2.47. The van der Waals surface area contributed by atoms with Crippen LogP contribution in [0.15, 0.2) is 18.2 Å². The number of piperidine rings is 1. The Balaban J connectivity index is 1.91. The van der Waals surface area contributed by atoms with Crippen LogP contribution in [0.4, 0.5) is 4.39 Å². The predicted octanol–water partition coefficient (Wildman–Crippen LogP) is 0.965. The highest BCUT2D eigenvalue weighted by atomic mass is 32.1. The molecule has 1 aliphatic heterocycles. The van der Waals surface area contributed by atoms with Gasteiger partial charge in [0.1, 0.15) is 10.8 Å². The molecule has 1 aromatic carbocycles. The smallest absolute Gasteiger partial charge is 0.233 e. The van der Waals surface area contributed by atoms with Gasteiger partial charge in [-0.2, -0.15) is 0 Å². The number of fused-ring (bicyclic) bond motifs is 1. The van der Waals surface area contributed by atoms with Crippen LogP contribution in [0.25, 0.3) is 0 Å². The van der Waals surface area contributed by atoms with Crippen molar-refractivity contribution in [2.24, 2.45) is 17.6 Å². The number of amides is 2. The van der Waals surface area contributed by atoms with Crippen molar-refractivity contribution in [3.05, 3.63) is 35.1 Å². The van der Waals surface area contributed by atoms with E-state index in [2.05, 4.69) is 0 Å². The minimum Gasteiger partial charge on any atom is -0.389 e. The minimum absolute atomic E-state index is 0.0368. The molecule has 3 rings (SSSR count). The molecule has 0 radical (unpaired) electrons. The average molecular weight is 278 g/mol. The number of nitrogens with zero attached hydrogens (tertiary/aromatic N) is 1. The van der Waals surface area contributed by atoms with Gasteiger partial charge in [0.15, 0.2) is 0 Å². The van der Waals surface area contributed by atoms with Crippen molar-refractivity contribution in [2.45, 2.75) is 13.0 Å². The highest BCUT2D eigenvalue weighted by molar-refractivity contribution is 7.80. The first-order valence-electron chi connectivity index (χ1n) is 5.92. The van der Waals surface area contributed by atoms with Crippen LogP contribution in [0.5, 0.6) is 0 Å². The van der Waals surface area contributed by atoms with Crippen LogP contribution in [0.2, 0.25) is 0 Å². The number of benzene rings is 1. The van der Waals surface area contributed by atoms with E-state index in [9.17, 15) is 14.0 Å². The highest BCUT2D eigenvalue weighted by Gasteiger charge is 2.58. The van der Waals surface area contributed by atoms with Gasteiger partial charge in [-0.15, -0.1) is 0 Å². The minimum atomic E-state index is -0.445. The lowest BCUT2D eigenvalue weighted by Crippen LogP contribution is -2.33. The number of carbonyl (C=O) groups is 2. The van der Waals surface area contributed by atoms with E-state index in [-0.39, 0.29) is 35.2 Å². The molecule has 2 unspecified atom stereocenters. The fourth-order valence-corrected chi connectivity index (χ4v) is 2.71. The number of imide groups is 1. The quantitative estimate of drug-likeness (QED) is 0.661. The van der Waals surface area contributed by atoms with Gasteiger partial charge in [0.25, 0.3) is 0 Å². The van der Waals surface area contributed by atoms with Crippen molar-refractivity contribution < 1.29 is 14.0 Å². The van der Waals surface area contributed by atoms with Crippen molar-refractivity contribution in [3.8, 4) is 0 Å². The van der Waals surface area contributed by atoms with Crippen molar-refractivity contribution >= 4 is 29.0 Å². The lowest BCUT2D eigenvalue weighted by atomic mass is 10.1. The Morgan fingerprint density at radius 1 is 1.37 bits per heavy atom. The largest absolute Gasteiger partial charge is 0.389 e. The molecule has 0 bridgehead atoms. The zero-order valence-electron chi connectivity index (χ0n) is 9.93. The average Bonchev–Trinajstić information content (AvgIpc) is 3.09. The third-order valence-electron chi connectivity index (χ3n) is 3.62.